The van der Waals surface area contributed by atoms with Gasteiger partial charge in [-0.2, -0.15) is 4.31 Å². The van der Waals surface area contributed by atoms with E-state index in [2.05, 4.69) is 90.0 Å². The Hall–Kier alpha value is -3.81. The number of amides is 2. The molecule has 1 fully saturated rings. The molecule has 0 aromatic carbocycles. The predicted molar refractivity (Wildman–Crippen MR) is 321 cm³/mol. The number of anilines is 1. The van der Waals surface area contributed by atoms with Crippen LogP contribution in [0.5, 0.6) is 0 Å². The van der Waals surface area contributed by atoms with Gasteiger partial charge in [0.15, 0.2) is 22.8 Å². The second-order valence-electron chi connectivity index (χ2n) is 21.2. The van der Waals surface area contributed by atoms with Crippen LogP contribution in [-0.4, -0.2) is 128 Å². The summed E-state index contributed by atoms with van der Waals surface area (Å²) in [5.74, 6) is -1.40. The molecule has 2 aromatic heterocycles. The first-order valence-electron chi connectivity index (χ1n) is 29.1. The molecule has 10 N–H and O–H groups in total. The number of carbonyl (C=O) groups is 4. The molecular weight excluding hydrogens is 1170 g/mol. The number of ketones is 1. The Morgan fingerprint density at radius 1 is 0.750 bits per heavy atom. The summed E-state index contributed by atoms with van der Waals surface area (Å²) >= 11 is 0.942. The van der Waals surface area contributed by atoms with E-state index < -0.39 is 84.6 Å². The number of fused-ring (bicyclic) bond motifs is 1. The molecule has 84 heavy (non-hydrogen) atoms. The lowest BCUT2D eigenvalue weighted by molar-refractivity contribution is -0.137. The maximum atomic E-state index is 12.8. The van der Waals surface area contributed by atoms with E-state index in [0.29, 0.717) is 6.42 Å². The van der Waals surface area contributed by atoms with Crippen molar-refractivity contribution in [1.82, 2.24) is 30.2 Å². The number of nitrogens with one attached hydrogen (secondary N) is 2. The lowest BCUT2D eigenvalue weighted by Crippen LogP contribution is -2.46. The Morgan fingerprint density at radius 3 is 1.88 bits per heavy atom. The zero-order chi connectivity index (χ0) is 61.9. The first-order chi connectivity index (χ1) is 39.9. The average Bonchev–Trinajstić information content (AvgIpc) is 2.09. The zero-order valence-corrected chi connectivity index (χ0v) is 52.4. The van der Waals surface area contributed by atoms with Crippen LogP contribution in [0, 0.1) is 5.41 Å². The van der Waals surface area contributed by atoms with Crippen LogP contribution in [0.3, 0.4) is 0 Å². The molecule has 3 rings (SSSR count). The fourth-order valence-corrected chi connectivity index (χ4v) is 12.2. The van der Waals surface area contributed by atoms with Crippen LogP contribution in [0.15, 0.2) is 61.3 Å². The lowest BCUT2D eigenvalue weighted by Gasteiger charge is -2.30. The van der Waals surface area contributed by atoms with Crippen molar-refractivity contribution in [3.8, 4) is 0 Å². The molecule has 0 bridgehead atoms. The molecule has 2 amide bonds. The number of unbranched alkanes of at least 4 members (excludes halogenated alkanes) is 16. The molecule has 0 radical (unpaired) electrons. The summed E-state index contributed by atoms with van der Waals surface area (Å²) in [5.41, 5.74) is 4.25. The van der Waals surface area contributed by atoms with Crippen LogP contribution in [0.25, 0.3) is 11.2 Å². The second-order valence-corrected chi connectivity index (χ2v) is 26.6. The van der Waals surface area contributed by atoms with Crippen molar-refractivity contribution < 1.29 is 85.3 Å². The van der Waals surface area contributed by atoms with Crippen LogP contribution in [0.4, 0.5) is 5.82 Å². The van der Waals surface area contributed by atoms with Crippen molar-refractivity contribution in [3.63, 3.8) is 0 Å². The number of aromatic nitrogens is 4. The Bertz CT molecular complexity index is 2560. The minimum atomic E-state index is -5.60. The summed E-state index contributed by atoms with van der Waals surface area (Å²) in [4.78, 5) is 101. The highest BCUT2D eigenvalue weighted by molar-refractivity contribution is 8.13. The van der Waals surface area contributed by atoms with Gasteiger partial charge >= 0.3 is 23.5 Å². The first-order valence-corrected chi connectivity index (χ1v) is 34.6. The number of allylic oxidation sites excluding steroid dienone is 8. The van der Waals surface area contributed by atoms with Crippen LogP contribution in [-0.2, 0) is 55.5 Å². The number of rotatable bonds is 47. The molecule has 1 aliphatic heterocycles. The van der Waals surface area contributed by atoms with Gasteiger partial charge in [0.2, 0.25) is 11.8 Å². The van der Waals surface area contributed by atoms with Crippen molar-refractivity contribution in [2.24, 2.45) is 5.41 Å². The van der Waals surface area contributed by atoms with E-state index in [-0.39, 0.29) is 59.6 Å². The van der Waals surface area contributed by atoms with E-state index in [4.69, 9.17) is 19.5 Å². The number of nitrogens with two attached hydrogens (primary N) is 1. The third-order valence-corrected chi connectivity index (χ3v) is 17.4. The van der Waals surface area contributed by atoms with Crippen LogP contribution < -0.4 is 16.4 Å². The highest BCUT2D eigenvalue weighted by Crippen LogP contribution is 2.61. The van der Waals surface area contributed by atoms with Crippen molar-refractivity contribution in [2.75, 3.05) is 37.8 Å². The summed E-state index contributed by atoms with van der Waals surface area (Å²) in [6.45, 7) is 2.57. The van der Waals surface area contributed by atoms with Gasteiger partial charge in [0.25, 0.3) is 0 Å². The van der Waals surface area contributed by atoms with Crippen molar-refractivity contribution in [1.29, 1.82) is 0 Å². The fourth-order valence-electron chi connectivity index (χ4n) is 8.69. The molecule has 0 aliphatic carbocycles. The number of aliphatic hydroxyl groups excluding tert-OH is 2. The maximum Gasteiger partial charge on any atom is 0.481 e. The molecule has 7 atom stereocenters. The molecule has 29 heteroatoms. The number of carbonyl (C=O) groups excluding carboxylic acids is 4. The smallest absolute Gasteiger partial charge is 0.386 e. The number of nitrogen functional groups attached to an aromatic ring is 1. The summed E-state index contributed by atoms with van der Waals surface area (Å²) in [5, 5.41) is 26.3. The number of phosphoric acid groups is 3. The Labute approximate surface area is 498 Å². The minimum absolute atomic E-state index is 0.0259. The molecule has 2 aromatic rings. The predicted octanol–water partition coefficient (Wildman–Crippen LogP) is 9.45. The third-order valence-electron chi connectivity index (χ3n) is 13.4. The molecule has 25 nitrogen and oxygen atoms in total. The fraction of sp³-hybridized carbons (Fsp3) is 0.691. The van der Waals surface area contributed by atoms with Gasteiger partial charge in [-0.15, -0.1) is 0 Å². The van der Waals surface area contributed by atoms with Gasteiger partial charge in [-0.3, -0.25) is 37.3 Å². The molecule has 2 unspecified atom stereocenters. The van der Waals surface area contributed by atoms with Crippen molar-refractivity contribution in [2.45, 2.75) is 206 Å². The molecule has 1 aliphatic rings. The van der Waals surface area contributed by atoms with Crippen molar-refractivity contribution >= 4 is 74.9 Å². The summed E-state index contributed by atoms with van der Waals surface area (Å²) in [6.07, 6.45) is 35.9. The monoisotopic (exact) mass is 1260 g/mol. The molecule has 476 valence electrons. The van der Waals surface area contributed by atoms with Crippen LogP contribution >= 0.6 is 35.2 Å². The molecule has 3 heterocycles. The molecular formula is C55H92N7O18P3S. The summed E-state index contributed by atoms with van der Waals surface area (Å²) in [6, 6.07) is 0. The SMILES string of the molecule is CCCCC/C=C\C/C=C\C/C=C\C/C=C\CCCCCCCCCCCCCCCC(=O)CC(=O)SCCNC(=O)CCNC(=O)[C@H](O)C(C)(C)COP(=O)(O)OP(=O)(O)OC[C@H]1O[C@@H](n2cnc3c(N)ncnc32)[C@H](O)[C@@H]1OP(=O)(O)O. The van der Waals surface area contributed by atoms with Gasteiger partial charge in [-0.25, -0.2) is 28.6 Å². The topological polar surface area (TPSA) is 381 Å². The number of imidazole rings is 1. The standard InChI is InChI=1S/C55H92N7O18P3S/c1-4-5-6-7-8-9-10-11-12-13-14-15-16-17-18-19-20-21-22-23-24-25-26-27-28-29-30-31-32-33-43(63)38-46(65)84-37-36-57-45(64)34-35-58-53(68)50(67)55(2,3)40-77-83(74,75)80-82(72,73)76-39-44-49(79-81(69,70)71)48(66)54(78-44)62-42-61-47-51(56)59-41-60-52(47)62/h8-9,11-12,14-15,17-18,41-42,44,48-50,54,66-67H,4-7,10,13,16,19-40H2,1-3H3,(H,57,64)(H,58,68)(H,72,73)(H,74,75)(H2,56,59,60)(H2,69,70,71)/b9-8-,12-11-,15-14-,18-17-/t44-,48-,49-,50+,54-/m1/s1. The number of nitrogens with zero attached hydrogens (tertiary/aromatic N) is 4. The lowest BCUT2D eigenvalue weighted by atomic mass is 9.87. The largest absolute Gasteiger partial charge is 0.481 e. The summed E-state index contributed by atoms with van der Waals surface area (Å²) < 4.78 is 62.6. The van der Waals surface area contributed by atoms with Crippen molar-refractivity contribution in [3.05, 3.63) is 61.3 Å². The number of ether oxygens (including phenoxy) is 1. The Balaban J connectivity index is 1.16. The average molecular weight is 1260 g/mol. The normalized spacial score (nSPS) is 18.8. The number of phosphoric ester groups is 3. The number of hydrogen-bond acceptors (Lipinski definition) is 19. The number of aliphatic hydroxyl groups is 2. The second kappa shape index (κ2) is 40.6. The van der Waals surface area contributed by atoms with Gasteiger partial charge < -0.3 is 50.9 Å². The Morgan fingerprint density at radius 2 is 1.30 bits per heavy atom. The van der Waals surface area contributed by atoms with Gasteiger partial charge in [0, 0.05) is 37.1 Å². The minimum Gasteiger partial charge on any atom is -0.386 e. The van der Waals surface area contributed by atoms with Gasteiger partial charge in [0.05, 0.1) is 26.0 Å². The van der Waals surface area contributed by atoms with E-state index in [1.165, 1.54) is 97.3 Å². The van der Waals surface area contributed by atoms with E-state index in [1.54, 1.807) is 0 Å². The number of thioether (sulfide) groups is 1. The first kappa shape index (κ1) is 74.4. The number of hydrogen-bond donors (Lipinski definition) is 9. The quantitative estimate of drug-likeness (QED) is 0.0129. The molecule has 0 spiro atoms. The van der Waals surface area contributed by atoms with Gasteiger partial charge in [-0.05, 0) is 51.4 Å². The van der Waals surface area contributed by atoms with Crippen LogP contribution in [0.1, 0.15) is 181 Å². The number of Topliss-reactive ketones (excluding diaryl/α,β-unsaturated/α-hetero) is 1. The van der Waals surface area contributed by atoms with E-state index >= 15 is 0 Å². The van der Waals surface area contributed by atoms with E-state index in [0.717, 1.165) is 80.4 Å². The van der Waals surface area contributed by atoms with Gasteiger partial charge in [0.1, 0.15) is 42.0 Å². The van der Waals surface area contributed by atoms with E-state index in [1.807, 2.05) is 0 Å². The zero-order valence-electron chi connectivity index (χ0n) is 48.9. The Kier molecular flexibility index (Phi) is 36.0. The third kappa shape index (κ3) is 31.7. The molecule has 1 saturated heterocycles. The maximum absolute atomic E-state index is 12.8. The van der Waals surface area contributed by atoms with E-state index in [9.17, 15) is 62.7 Å². The molecule has 0 saturated carbocycles. The highest BCUT2D eigenvalue weighted by atomic mass is 32.2. The highest BCUT2D eigenvalue weighted by Gasteiger charge is 2.50. The summed E-state index contributed by atoms with van der Waals surface area (Å²) in [7, 11) is -16.5. The van der Waals surface area contributed by atoms with Gasteiger partial charge in [-0.1, -0.05) is 165 Å². The van der Waals surface area contributed by atoms with Crippen LogP contribution in [0.2, 0.25) is 0 Å².